The minimum Gasteiger partial charge on any atom is -0.381 e. The number of aliphatic imine (C=N–C) groups is 1. The summed E-state index contributed by atoms with van der Waals surface area (Å²) >= 11 is 0. The van der Waals surface area contributed by atoms with Crippen molar-refractivity contribution in [1.29, 1.82) is 0 Å². The van der Waals surface area contributed by atoms with Crippen molar-refractivity contribution in [2.75, 3.05) is 33.4 Å². The van der Waals surface area contributed by atoms with Gasteiger partial charge < -0.3 is 19.7 Å². The number of ether oxygens (including phenoxy) is 2. The molecular formula is C24H31N3O2. The Hall–Kier alpha value is -2.37. The quantitative estimate of drug-likeness (QED) is 0.602. The predicted octanol–water partition coefficient (Wildman–Crippen LogP) is 3.59. The fraction of sp³-hybridized carbons (Fsp3) is 0.458. The Morgan fingerprint density at radius 2 is 1.86 bits per heavy atom. The fourth-order valence-electron chi connectivity index (χ4n) is 4.32. The molecule has 5 nitrogen and oxygen atoms in total. The van der Waals surface area contributed by atoms with E-state index < -0.39 is 0 Å². The first-order valence-electron chi connectivity index (χ1n) is 10.5. The van der Waals surface area contributed by atoms with Crippen LogP contribution in [0.1, 0.15) is 29.5 Å². The molecule has 0 radical (unpaired) electrons. The number of rotatable bonds is 6. The predicted molar refractivity (Wildman–Crippen MR) is 116 cm³/mol. The van der Waals surface area contributed by atoms with Crippen molar-refractivity contribution in [3.63, 3.8) is 0 Å². The molecule has 2 aliphatic rings. The van der Waals surface area contributed by atoms with Gasteiger partial charge in [0, 0.05) is 38.7 Å². The van der Waals surface area contributed by atoms with Crippen molar-refractivity contribution in [3.05, 3.63) is 71.3 Å². The van der Waals surface area contributed by atoms with Crippen LogP contribution in [-0.4, -0.2) is 44.2 Å². The first-order valence-corrected chi connectivity index (χ1v) is 10.5. The first kappa shape index (κ1) is 19.9. The maximum Gasteiger partial charge on any atom is 0.193 e. The molecule has 1 N–H and O–H groups in total. The summed E-state index contributed by atoms with van der Waals surface area (Å²) in [7, 11) is 1.87. The van der Waals surface area contributed by atoms with Gasteiger partial charge in [0.2, 0.25) is 0 Å². The Morgan fingerprint density at radius 1 is 1.07 bits per heavy atom. The van der Waals surface area contributed by atoms with E-state index >= 15 is 0 Å². The number of hydrogen-bond donors (Lipinski definition) is 1. The lowest BCUT2D eigenvalue weighted by Crippen LogP contribution is -2.41. The molecule has 5 heteroatoms. The van der Waals surface area contributed by atoms with E-state index in [4.69, 9.17) is 9.47 Å². The molecule has 2 fully saturated rings. The molecule has 0 aliphatic carbocycles. The van der Waals surface area contributed by atoms with Crippen LogP contribution in [0.5, 0.6) is 0 Å². The number of nitrogens with zero attached hydrogens (tertiary/aromatic N) is 2. The fourth-order valence-corrected chi connectivity index (χ4v) is 4.32. The summed E-state index contributed by atoms with van der Waals surface area (Å²) in [6.45, 7) is 5.85. The largest absolute Gasteiger partial charge is 0.381 e. The van der Waals surface area contributed by atoms with Gasteiger partial charge in [-0.05, 0) is 29.5 Å². The Morgan fingerprint density at radius 3 is 2.62 bits per heavy atom. The summed E-state index contributed by atoms with van der Waals surface area (Å²) in [5, 5.41) is 3.56. The van der Waals surface area contributed by atoms with E-state index in [0.717, 1.165) is 38.8 Å². The highest BCUT2D eigenvalue weighted by molar-refractivity contribution is 5.80. The van der Waals surface area contributed by atoms with E-state index in [9.17, 15) is 0 Å². The Bertz CT molecular complexity index is 816. The average molecular weight is 394 g/mol. The normalized spacial score (nSPS) is 21.8. The van der Waals surface area contributed by atoms with Crippen molar-refractivity contribution >= 4 is 5.96 Å². The standard InChI is InChI=1S/C24H31N3O2/c1-25-23(27-13-11-24(18-27)12-14-28-19-24)26-15-21-9-5-6-10-22(21)17-29-16-20-7-3-2-4-8-20/h2-10H,11-19H2,1H3,(H,25,26). The third-order valence-electron chi connectivity index (χ3n) is 6.06. The summed E-state index contributed by atoms with van der Waals surface area (Å²) in [6.07, 6.45) is 2.36. The molecular weight excluding hydrogens is 362 g/mol. The molecule has 29 heavy (non-hydrogen) atoms. The molecule has 0 amide bonds. The van der Waals surface area contributed by atoms with Crippen molar-refractivity contribution < 1.29 is 9.47 Å². The third-order valence-corrected chi connectivity index (χ3v) is 6.06. The van der Waals surface area contributed by atoms with Gasteiger partial charge in [0.15, 0.2) is 5.96 Å². The maximum atomic E-state index is 5.96. The molecule has 2 saturated heterocycles. The van der Waals surface area contributed by atoms with Gasteiger partial charge in [-0.3, -0.25) is 4.99 Å². The monoisotopic (exact) mass is 393 g/mol. The molecule has 1 spiro atoms. The number of nitrogens with one attached hydrogen (secondary N) is 1. The maximum absolute atomic E-state index is 5.96. The molecule has 1 atom stereocenters. The van der Waals surface area contributed by atoms with Crippen LogP contribution < -0.4 is 5.32 Å². The zero-order valence-electron chi connectivity index (χ0n) is 17.3. The van der Waals surface area contributed by atoms with Crippen molar-refractivity contribution in [2.24, 2.45) is 10.4 Å². The van der Waals surface area contributed by atoms with Crippen LogP contribution in [0.25, 0.3) is 0 Å². The van der Waals surface area contributed by atoms with Crippen molar-refractivity contribution in [2.45, 2.75) is 32.6 Å². The Kier molecular flexibility index (Phi) is 6.47. The summed E-state index contributed by atoms with van der Waals surface area (Å²) < 4.78 is 11.6. The second kappa shape index (κ2) is 9.42. The minimum atomic E-state index is 0.334. The lowest BCUT2D eigenvalue weighted by molar-refractivity contribution is 0.106. The Labute approximate surface area is 173 Å². The number of guanidine groups is 1. The molecule has 0 bridgehead atoms. The number of likely N-dealkylation sites (tertiary alicyclic amines) is 1. The van der Waals surface area contributed by atoms with E-state index in [1.165, 1.54) is 29.5 Å². The molecule has 2 aromatic rings. The molecule has 0 aromatic heterocycles. The van der Waals surface area contributed by atoms with E-state index in [0.29, 0.717) is 18.6 Å². The summed E-state index contributed by atoms with van der Waals surface area (Å²) in [6, 6.07) is 18.8. The smallest absolute Gasteiger partial charge is 0.193 e. The van der Waals surface area contributed by atoms with Crippen LogP contribution >= 0.6 is 0 Å². The number of benzene rings is 2. The van der Waals surface area contributed by atoms with Gasteiger partial charge in [0.05, 0.1) is 19.8 Å². The average Bonchev–Trinajstić information content (AvgIpc) is 3.40. The Balaban J connectivity index is 1.32. The molecule has 154 valence electrons. The third kappa shape index (κ3) is 4.98. The van der Waals surface area contributed by atoms with Crippen LogP contribution in [-0.2, 0) is 29.2 Å². The van der Waals surface area contributed by atoms with Gasteiger partial charge >= 0.3 is 0 Å². The van der Waals surface area contributed by atoms with Crippen LogP contribution in [0.4, 0.5) is 0 Å². The van der Waals surface area contributed by atoms with Crippen LogP contribution in [0, 0.1) is 5.41 Å². The van der Waals surface area contributed by atoms with Gasteiger partial charge in [0.25, 0.3) is 0 Å². The van der Waals surface area contributed by atoms with E-state index in [2.05, 4.69) is 51.6 Å². The van der Waals surface area contributed by atoms with Crippen LogP contribution in [0.2, 0.25) is 0 Å². The van der Waals surface area contributed by atoms with Crippen molar-refractivity contribution in [1.82, 2.24) is 10.2 Å². The minimum absolute atomic E-state index is 0.334. The topological polar surface area (TPSA) is 46.1 Å². The zero-order chi connectivity index (χ0) is 19.9. The summed E-state index contributed by atoms with van der Waals surface area (Å²) in [5.41, 5.74) is 4.00. The van der Waals surface area contributed by atoms with Gasteiger partial charge in [-0.15, -0.1) is 0 Å². The molecule has 2 heterocycles. The highest BCUT2D eigenvalue weighted by Crippen LogP contribution is 2.38. The first-order chi connectivity index (χ1) is 14.3. The lowest BCUT2D eigenvalue weighted by Gasteiger charge is -2.25. The van der Waals surface area contributed by atoms with E-state index in [-0.39, 0.29) is 0 Å². The number of hydrogen-bond acceptors (Lipinski definition) is 3. The van der Waals surface area contributed by atoms with E-state index in [1.54, 1.807) is 0 Å². The molecule has 1 unspecified atom stereocenters. The highest BCUT2D eigenvalue weighted by atomic mass is 16.5. The summed E-state index contributed by atoms with van der Waals surface area (Å²) in [5.74, 6) is 0.980. The molecule has 0 saturated carbocycles. The van der Waals surface area contributed by atoms with Crippen LogP contribution in [0.3, 0.4) is 0 Å². The van der Waals surface area contributed by atoms with E-state index in [1.807, 2.05) is 25.2 Å². The van der Waals surface area contributed by atoms with Gasteiger partial charge in [-0.1, -0.05) is 54.6 Å². The second-order valence-electron chi connectivity index (χ2n) is 8.12. The van der Waals surface area contributed by atoms with Crippen LogP contribution in [0.15, 0.2) is 59.6 Å². The molecule has 4 rings (SSSR count). The highest BCUT2D eigenvalue weighted by Gasteiger charge is 2.42. The zero-order valence-corrected chi connectivity index (χ0v) is 17.3. The summed E-state index contributed by atoms with van der Waals surface area (Å²) in [4.78, 5) is 6.91. The lowest BCUT2D eigenvalue weighted by atomic mass is 9.87. The molecule has 2 aromatic carbocycles. The van der Waals surface area contributed by atoms with Gasteiger partial charge in [0.1, 0.15) is 0 Å². The second-order valence-corrected chi connectivity index (χ2v) is 8.12. The van der Waals surface area contributed by atoms with Gasteiger partial charge in [-0.2, -0.15) is 0 Å². The SMILES string of the molecule is CN=C(NCc1ccccc1COCc1ccccc1)N1CCC2(CCOC2)C1. The van der Waals surface area contributed by atoms with Crippen molar-refractivity contribution in [3.8, 4) is 0 Å². The van der Waals surface area contributed by atoms with Gasteiger partial charge in [-0.25, -0.2) is 0 Å². The molecule has 2 aliphatic heterocycles.